The third kappa shape index (κ3) is 5.80. The van der Waals surface area contributed by atoms with E-state index in [2.05, 4.69) is 15.4 Å². The summed E-state index contributed by atoms with van der Waals surface area (Å²) >= 11 is 1.80. The number of aromatic nitrogens is 1. The largest absolute Gasteiger partial charge is 0.264 e. The monoisotopic (exact) mass is 226 g/mol. The van der Waals surface area contributed by atoms with Crippen molar-refractivity contribution < 1.29 is 0 Å². The average molecular weight is 226 g/mol. The Balaban J connectivity index is 0.000000442. The molecule has 0 radical (unpaired) electrons. The first-order chi connectivity index (χ1) is 7.45. The summed E-state index contributed by atoms with van der Waals surface area (Å²) in [7, 11) is 0. The average Bonchev–Trinajstić information content (AvgIpc) is 2.31. The highest BCUT2D eigenvalue weighted by atomic mass is 32.2. The van der Waals surface area contributed by atoms with Crippen molar-refractivity contribution in [2.75, 3.05) is 13.1 Å². The van der Waals surface area contributed by atoms with Crippen LogP contribution in [-0.4, -0.2) is 22.4 Å². The molecule has 1 aromatic rings. The van der Waals surface area contributed by atoms with Gasteiger partial charge in [0.05, 0.1) is 0 Å². The lowest BCUT2D eigenvalue weighted by Gasteiger charge is -2.28. The van der Waals surface area contributed by atoms with E-state index in [9.17, 15) is 0 Å². The van der Waals surface area contributed by atoms with E-state index >= 15 is 0 Å². The number of pyridine rings is 1. The van der Waals surface area contributed by atoms with E-state index in [0.29, 0.717) is 0 Å². The van der Waals surface area contributed by atoms with Crippen molar-refractivity contribution >= 4 is 11.9 Å². The lowest BCUT2D eigenvalue weighted by molar-refractivity contribution is 0.344. The number of nitrogens with zero attached hydrogens (tertiary/aromatic N) is 2. The Morgan fingerprint density at radius 1 is 1.20 bits per heavy atom. The lowest BCUT2D eigenvalue weighted by Crippen LogP contribution is -2.30. The molecule has 2 nitrogen and oxygen atoms in total. The second kappa shape index (κ2) is 9.99. The van der Waals surface area contributed by atoms with Crippen molar-refractivity contribution in [3.63, 3.8) is 0 Å². The summed E-state index contributed by atoms with van der Waals surface area (Å²) < 4.78 is 2.34. The van der Waals surface area contributed by atoms with Gasteiger partial charge in [0.25, 0.3) is 0 Å². The summed E-state index contributed by atoms with van der Waals surface area (Å²) in [6, 6.07) is 4.07. The second-order valence-electron chi connectivity index (χ2n) is 2.56. The van der Waals surface area contributed by atoms with E-state index in [1.165, 1.54) is 24.4 Å². The van der Waals surface area contributed by atoms with E-state index in [-0.39, 0.29) is 0 Å². The molecule has 1 aliphatic rings. The highest BCUT2D eigenvalue weighted by Gasteiger charge is 2.14. The van der Waals surface area contributed by atoms with Gasteiger partial charge in [0.15, 0.2) is 0 Å². The molecule has 0 aliphatic carbocycles. The predicted molar refractivity (Wildman–Crippen MR) is 69.0 cm³/mol. The number of rotatable bonds is 2. The van der Waals surface area contributed by atoms with Crippen molar-refractivity contribution in [2.24, 2.45) is 0 Å². The molecule has 15 heavy (non-hydrogen) atoms. The molecular formula is C12H22N2S. The Kier molecular flexibility index (Phi) is 9.63. The minimum absolute atomic E-state index is 1.22. The Labute approximate surface area is 98.2 Å². The minimum Gasteiger partial charge on any atom is -0.264 e. The third-order valence-corrected chi connectivity index (χ3v) is 2.76. The van der Waals surface area contributed by atoms with Crippen LogP contribution in [0.4, 0.5) is 0 Å². The molecule has 2 rings (SSSR count). The van der Waals surface area contributed by atoms with Crippen LogP contribution in [0.5, 0.6) is 0 Å². The summed E-state index contributed by atoms with van der Waals surface area (Å²) in [6.45, 7) is 10.4. The van der Waals surface area contributed by atoms with Crippen LogP contribution in [0.15, 0.2) is 29.4 Å². The molecular weight excluding hydrogens is 204 g/mol. The molecule has 0 atom stereocenters. The van der Waals surface area contributed by atoms with Crippen molar-refractivity contribution in [3.05, 3.63) is 24.5 Å². The molecule has 2 heterocycles. The van der Waals surface area contributed by atoms with E-state index < -0.39 is 0 Å². The molecule has 0 bridgehead atoms. The number of hydrogen-bond acceptors (Lipinski definition) is 3. The van der Waals surface area contributed by atoms with Crippen molar-refractivity contribution in [1.29, 1.82) is 0 Å². The highest BCUT2D eigenvalue weighted by molar-refractivity contribution is 7.97. The van der Waals surface area contributed by atoms with Crippen LogP contribution in [0.2, 0.25) is 0 Å². The summed E-state index contributed by atoms with van der Waals surface area (Å²) in [6.07, 6.45) is 5.05. The summed E-state index contributed by atoms with van der Waals surface area (Å²) in [5.41, 5.74) is 0. The molecule has 0 N–H and O–H groups in total. The van der Waals surface area contributed by atoms with Crippen molar-refractivity contribution in [3.8, 4) is 0 Å². The van der Waals surface area contributed by atoms with Crippen LogP contribution in [0.1, 0.15) is 34.1 Å². The van der Waals surface area contributed by atoms with E-state index in [1.807, 2.05) is 40.0 Å². The van der Waals surface area contributed by atoms with Crippen LogP contribution < -0.4 is 0 Å². The van der Waals surface area contributed by atoms with Crippen molar-refractivity contribution in [1.82, 2.24) is 9.29 Å². The summed E-state index contributed by atoms with van der Waals surface area (Å²) in [5, 5.41) is 0. The van der Waals surface area contributed by atoms with Gasteiger partial charge in [-0.15, -0.1) is 0 Å². The fraction of sp³-hybridized carbons (Fsp3) is 0.583. The van der Waals surface area contributed by atoms with Gasteiger partial charge in [-0.3, -0.25) is 4.98 Å². The lowest BCUT2D eigenvalue weighted by atomic mass is 10.3. The van der Waals surface area contributed by atoms with Gasteiger partial charge < -0.3 is 0 Å². The van der Waals surface area contributed by atoms with Gasteiger partial charge in [0.1, 0.15) is 0 Å². The van der Waals surface area contributed by atoms with E-state index in [4.69, 9.17) is 0 Å². The summed E-state index contributed by atoms with van der Waals surface area (Å²) in [4.78, 5) is 5.29. The normalized spacial score (nSPS) is 13.9. The first-order valence-electron chi connectivity index (χ1n) is 5.78. The maximum Gasteiger partial charge on any atom is 0.0417 e. The zero-order chi connectivity index (χ0) is 11.5. The highest BCUT2D eigenvalue weighted by Crippen LogP contribution is 2.25. The van der Waals surface area contributed by atoms with Gasteiger partial charge in [-0.25, -0.2) is 4.31 Å². The summed E-state index contributed by atoms with van der Waals surface area (Å²) in [5.74, 6) is 0. The first-order valence-corrected chi connectivity index (χ1v) is 6.55. The Morgan fingerprint density at radius 3 is 2.27 bits per heavy atom. The molecule has 1 aromatic heterocycles. The van der Waals surface area contributed by atoms with Crippen LogP contribution in [0.3, 0.4) is 0 Å². The van der Waals surface area contributed by atoms with Gasteiger partial charge in [-0.05, 0) is 30.5 Å². The van der Waals surface area contributed by atoms with Gasteiger partial charge in [-0.1, -0.05) is 27.7 Å². The molecule has 86 valence electrons. The van der Waals surface area contributed by atoms with Gasteiger partial charge in [0, 0.05) is 30.4 Å². The SMILES string of the molecule is CC.CC.c1cncc(SN2CCC2)c1. The third-order valence-electron chi connectivity index (χ3n) is 1.68. The zero-order valence-corrected chi connectivity index (χ0v) is 11.0. The Hall–Kier alpha value is -0.540. The Morgan fingerprint density at radius 2 is 1.87 bits per heavy atom. The van der Waals surface area contributed by atoms with Crippen LogP contribution in [0.25, 0.3) is 0 Å². The Bertz CT molecular complexity index is 222. The maximum absolute atomic E-state index is 4.05. The van der Waals surface area contributed by atoms with Gasteiger partial charge in [-0.2, -0.15) is 0 Å². The quantitative estimate of drug-likeness (QED) is 0.713. The van der Waals surface area contributed by atoms with Crippen LogP contribution in [0, 0.1) is 0 Å². The fourth-order valence-electron chi connectivity index (χ4n) is 0.929. The molecule has 0 spiro atoms. The fourth-order valence-corrected chi connectivity index (χ4v) is 1.92. The molecule has 3 heteroatoms. The standard InChI is InChI=1S/C8H10N2S.2C2H6/c1-3-8(7-9-4-1)11-10-5-2-6-10;2*1-2/h1,3-4,7H,2,5-6H2;2*1-2H3. The maximum atomic E-state index is 4.05. The molecule has 0 amide bonds. The second-order valence-corrected chi connectivity index (χ2v) is 3.73. The molecule has 0 saturated carbocycles. The number of hydrogen-bond donors (Lipinski definition) is 0. The molecule has 1 fully saturated rings. The predicted octanol–water partition coefficient (Wildman–Crippen LogP) is 3.85. The molecule has 0 unspecified atom stereocenters. The zero-order valence-electron chi connectivity index (χ0n) is 10.2. The van der Waals surface area contributed by atoms with Crippen LogP contribution >= 0.6 is 11.9 Å². The van der Waals surface area contributed by atoms with E-state index in [0.717, 1.165) is 0 Å². The minimum atomic E-state index is 1.22. The molecule has 1 saturated heterocycles. The van der Waals surface area contributed by atoms with Crippen LogP contribution in [-0.2, 0) is 0 Å². The first kappa shape index (κ1) is 14.5. The smallest absolute Gasteiger partial charge is 0.0417 e. The topological polar surface area (TPSA) is 16.1 Å². The van der Waals surface area contributed by atoms with E-state index in [1.54, 1.807) is 18.1 Å². The molecule has 1 aliphatic heterocycles. The van der Waals surface area contributed by atoms with Gasteiger partial charge in [0.2, 0.25) is 0 Å². The molecule has 0 aromatic carbocycles. The van der Waals surface area contributed by atoms with Crippen molar-refractivity contribution in [2.45, 2.75) is 39.0 Å². The van der Waals surface area contributed by atoms with Gasteiger partial charge >= 0.3 is 0 Å².